The van der Waals surface area contributed by atoms with E-state index in [1.165, 1.54) is 0 Å². The number of rotatable bonds is 3. The lowest BCUT2D eigenvalue weighted by molar-refractivity contribution is -0.131. The van der Waals surface area contributed by atoms with Gasteiger partial charge in [0.25, 0.3) is 5.91 Å². The van der Waals surface area contributed by atoms with Crippen LogP contribution in [0.25, 0.3) is 0 Å². The third-order valence-electron chi connectivity index (χ3n) is 4.98. The Balaban J connectivity index is 1.49. The minimum atomic E-state index is 0.0642. The van der Waals surface area contributed by atoms with Crippen LogP contribution in [0.4, 0.5) is 5.69 Å². The van der Waals surface area contributed by atoms with Crippen molar-refractivity contribution in [3.05, 3.63) is 29.8 Å². The SMILES string of the molecule is Nc1ccc(C(=O)N2CCC(CC(=O)N3CCCC3)CC2)cc1. The van der Waals surface area contributed by atoms with Crippen LogP contribution >= 0.6 is 0 Å². The standard InChI is InChI=1S/C18H25N3O2/c19-16-5-3-15(4-6-16)18(23)21-11-7-14(8-12-21)13-17(22)20-9-1-2-10-20/h3-6,14H,1-2,7-13,19H2. The molecule has 0 aromatic heterocycles. The van der Waals surface area contributed by atoms with Gasteiger partial charge >= 0.3 is 0 Å². The van der Waals surface area contributed by atoms with Crippen molar-refractivity contribution in [2.75, 3.05) is 31.9 Å². The van der Waals surface area contributed by atoms with Gasteiger partial charge in [-0.05, 0) is 55.9 Å². The second-order valence-electron chi connectivity index (χ2n) is 6.65. The topological polar surface area (TPSA) is 66.6 Å². The molecular weight excluding hydrogens is 290 g/mol. The van der Waals surface area contributed by atoms with Crippen LogP contribution < -0.4 is 5.73 Å². The van der Waals surface area contributed by atoms with E-state index in [2.05, 4.69) is 0 Å². The minimum absolute atomic E-state index is 0.0642. The first-order valence-corrected chi connectivity index (χ1v) is 8.56. The quantitative estimate of drug-likeness (QED) is 0.869. The van der Waals surface area contributed by atoms with E-state index in [4.69, 9.17) is 5.73 Å². The monoisotopic (exact) mass is 315 g/mol. The summed E-state index contributed by atoms with van der Waals surface area (Å²) >= 11 is 0. The zero-order chi connectivity index (χ0) is 16.2. The van der Waals surface area contributed by atoms with Crippen molar-refractivity contribution < 1.29 is 9.59 Å². The van der Waals surface area contributed by atoms with E-state index in [1.807, 2.05) is 9.80 Å². The highest BCUT2D eigenvalue weighted by Crippen LogP contribution is 2.24. The second-order valence-corrected chi connectivity index (χ2v) is 6.65. The van der Waals surface area contributed by atoms with Crippen LogP contribution in [-0.2, 0) is 4.79 Å². The zero-order valence-electron chi connectivity index (χ0n) is 13.5. The highest BCUT2D eigenvalue weighted by molar-refractivity contribution is 5.94. The molecule has 0 unspecified atom stereocenters. The molecule has 2 heterocycles. The number of benzene rings is 1. The number of nitrogens with two attached hydrogens (primary N) is 1. The van der Waals surface area contributed by atoms with Gasteiger partial charge in [0, 0.05) is 43.9 Å². The van der Waals surface area contributed by atoms with E-state index in [9.17, 15) is 9.59 Å². The number of carbonyl (C=O) groups is 2. The molecule has 23 heavy (non-hydrogen) atoms. The van der Waals surface area contributed by atoms with Crippen molar-refractivity contribution in [1.82, 2.24) is 9.80 Å². The van der Waals surface area contributed by atoms with Crippen molar-refractivity contribution in [3.8, 4) is 0 Å². The number of carbonyl (C=O) groups excluding carboxylic acids is 2. The second kappa shape index (κ2) is 7.02. The molecule has 2 fully saturated rings. The van der Waals surface area contributed by atoms with Crippen molar-refractivity contribution in [3.63, 3.8) is 0 Å². The molecule has 0 saturated carbocycles. The zero-order valence-corrected chi connectivity index (χ0v) is 13.5. The van der Waals surface area contributed by atoms with Crippen LogP contribution in [0.1, 0.15) is 42.5 Å². The van der Waals surface area contributed by atoms with Crippen LogP contribution in [-0.4, -0.2) is 47.8 Å². The molecule has 0 atom stereocenters. The lowest BCUT2D eigenvalue weighted by Crippen LogP contribution is -2.40. The number of nitrogens with zero attached hydrogens (tertiary/aromatic N) is 2. The first-order chi connectivity index (χ1) is 11.1. The molecule has 1 aromatic rings. The van der Waals surface area contributed by atoms with E-state index < -0.39 is 0 Å². The van der Waals surface area contributed by atoms with Crippen LogP contribution in [0.3, 0.4) is 0 Å². The Kier molecular flexibility index (Phi) is 4.84. The Hall–Kier alpha value is -2.04. The first-order valence-electron chi connectivity index (χ1n) is 8.56. The van der Waals surface area contributed by atoms with E-state index in [1.54, 1.807) is 24.3 Å². The molecule has 2 aliphatic heterocycles. The fourth-order valence-corrected chi connectivity index (χ4v) is 3.49. The Morgan fingerprint density at radius 3 is 2.17 bits per heavy atom. The molecule has 5 heteroatoms. The molecule has 0 aliphatic carbocycles. The summed E-state index contributed by atoms with van der Waals surface area (Å²) in [5.74, 6) is 0.777. The number of amides is 2. The Morgan fingerprint density at radius 2 is 1.57 bits per heavy atom. The molecule has 1 aromatic carbocycles. The smallest absolute Gasteiger partial charge is 0.253 e. The van der Waals surface area contributed by atoms with Crippen molar-refractivity contribution in [2.24, 2.45) is 5.92 Å². The van der Waals surface area contributed by atoms with Gasteiger partial charge in [-0.3, -0.25) is 9.59 Å². The summed E-state index contributed by atoms with van der Waals surface area (Å²) in [7, 11) is 0. The summed E-state index contributed by atoms with van der Waals surface area (Å²) in [5.41, 5.74) is 7.01. The molecule has 2 saturated heterocycles. The van der Waals surface area contributed by atoms with Gasteiger partial charge in [0.1, 0.15) is 0 Å². The maximum atomic E-state index is 12.5. The molecule has 2 amide bonds. The number of likely N-dealkylation sites (tertiary alicyclic amines) is 2. The highest BCUT2D eigenvalue weighted by atomic mass is 16.2. The van der Waals surface area contributed by atoms with Crippen LogP contribution in [0.15, 0.2) is 24.3 Å². The van der Waals surface area contributed by atoms with Crippen molar-refractivity contribution in [2.45, 2.75) is 32.1 Å². The van der Waals surface area contributed by atoms with Gasteiger partial charge in [-0.25, -0.2) is 0 Å². The third-order valence-corrected chi connectivity index (χ3v) is 4.98. The molecular formula is C18H25N3O2. The van der Waals surface area contributed by atoms with Crippen LogP contribution in [0.5, 0.6) is 0 Å². The van der Waals surface area contributed by atoms with Gasteiger partial charge in [0.15, 0.2) is 0 Å². The summed E-state index contributed by atoms with van der Waals surface area (Å²) in [4.78, 5) is 28.6. The number of hydrogen-bond donors (Lipinski definition) is 1. The molecule has 0 radical (unpaired) electrons. The fraction of sp³-hybridized carbons (Fsp3) is 0.556. The van der Waals surface area contributed by atoms with Crippen LogP contribution in [0, 0.1) is 5.92 Å². The Labute approximate surface area is 137 Å². The fourth-order valence-electron chi connectivity index (χ4n) is 3.49. The molecule has 0 spiro atoms. The average Bonchev–Trinajstić information content (AvgIpc) is 3.10. The summed E-state index contributed by atoms with van der Waals surface area (Å²) in [6.45, 7) is 3.32. The lowest BCUT2D eigenvalue weighted by atomic mass is 9.92. The number of hydrogen-bond acceptors (Lipinski definition) is 3. The van der Waals surface area contributed by atoms with E-state index in [0.717, 1.165) is 51.9 Å². The largest absolute Gasteiger partial charge is 0.399 e. The normalized spacial score (nSPS) is 19.1. The number of nitrogen functional groups attached to an aromatic ring is 1. The first kappa shape index (κ1) is 15.8. The number of anilines is 1. The van der Waals surface area contributed by atoms with Gasteiger partial charge in [0.05, 0.1) is 0 Å². The van der Waals surface area contributed by atoms with Crippen molar-refractivity contribution in [1.29, 1.82) is 0 Å². The molecule has 2 N–H and O–H groups in total. The van der Waals surface area contributed by atoms with Crippen molar-refractivity contribution >= 4 is 17.5 Å². The summed E-state index contributed by atoms with van der Waals surface area (Å²) in [6.07, 6.45) is 4.75. The molecule has 5 nitrogen and oxygen atoms in total. The van der Waals surface area contributed by atoms with E-state index in [-0.39, 0.29) is 5.91 Å². The van der Waals surface area contributed by atoms with Crippen LogP contribution in [0.2, 0.25) is 0 Å². The van der Waals surface area contributed by atoms with E-state index in [0.29, 0.717) is 29.5 Å². The molecule has 2 aliphatic rings. The van der Waals surface area contributed by atoms with Gasteiger partial charge in [-0.15, -0.1) is 0 Å². The minimum Gasteiger partial charge on any atom is -0.399 e. The van der Waals surface area contributed by atoms with Gasteiger partial charge in [-0.2, -0.15) is 0 Å². The van der Waals surface area contributed by atoms with E-state index >= 15 is 0 Å². The highest BCUT2D eigenvalue weighted by Gasteiger charge is 2.27. The summed E-state index contributed by atoms with van der Waals surface area (Å²) < 4.78 is 0. The predicted octanol–water partition coefficient (Wildman–Crippen LogP) is 2.13. The third kappa shape index (κ3) is 3.84. The molecule has 3 rings (SSSR count). The molecule has 0 bridgehead atoms. The maximum Gasteiger partial charge on any atom is 0.253 e. The lowest BCUT2D eigenvalue weighted by Gasteiger charge is -2.32. The summed E-state index contributed by atoms with van der Waals surface area (Å²) in [5, 5.41) is 0. The Morgan fingerprint density at radius 1 is 0.957 bits per heavy atom. The molecule has 124 valence electrons. The van der Waals surface area contributed by atoms with Gasteiger partial charge < -0.3 is 15.5 Å². The Bertz CT molecular complexity index is 556. The van der Waals surface area contributed by atoms with Gasteiger partial charge in [-0.1, -0.05) is 0 Å². The summed E-state index contributed by atoms with van der Waals surface area (Å²) in [6, 6.07) is 7.07. The maximum absolute atomic E-state index is 12.5. The predicted molar refractivity (Wildman–Crippen MR) is 89.9 cm³/mol. The average molecular weight is 315 g/mol. The van der Waals surface area contributed by atoms with Gasteiger partial charge in [0.2, 0.25) is 5.91 Å². The number of piperidine rings is 1.